The number of hydrogen-bond donors (Lipinski definition) is 0. The van der Waals surface area contributed by atoms with Gasteiger partial charge in [-0.15, -0.1) is 0 Å². The standard InChI is InChI=1S/C14H24O2/c1-3-5-8-12(4-2)11-16-14(15)13-9-6-7-10-13/h9,12H,3-8,10-11H2,1-2H3. The minimum atomic E-state index is -0.0764. The SMILES string of the molecule is CCCCC(CC)COC(=O)C1=CCCC1. The third kappa shape index (κ3) is 4.38. The number of ether oxygens (including phenoxy) is 1. The number of esters is 1. The molecule has 2 heteroatoms. The quantitative estimate of drug-likeness (QED) is 0.614. The molecule has 0 radical (unpaired) electrons. The Morgan fingerprint density at radius 3 is 2.88 bits per heavy atom. The average Bonchev–Trinajstić information content (AvgIpc) is 2.82. The van der Waals surface area contributed by atoms with E-state index in [1.54, 1.807) is 0 Å². The first-order chi connectivity index (χ1) is 7.77. The van der Waals surface area contributed by atoms with Gasteiger partial charge >= 0.3 is 5.97 Å². The molecule has 0 fully saturated rings. The summed E-state index contributed by atoms with van der Waals surface area (Å²) in [6, 6.07) is 0. The van der Waals surface area contributed by atoms with Gasteiger partial charge in [-0.05, 0) is 31.6 Å². The molecule has 92 valence electrons. The first kappa shape index (κ1) is 13.3. The summed E-state index contributed by atoms with van der Waals surface area (Å²) >= 11 is 0. The van der Waals surface area contributed by atoms with Crippen molar-refractivity contribution in [1.29, 1.82) is 0 Å². The van der Waals surface area contributed by atoms with Crippen LogP contribution >= 0.6 is 0 Å². The van der Waals surface area contributed by atoms with Crippen molar-refractivity contribution in [1.82, 2.24) is 0 Å². The Kier molecular flexibility index (Phi) is 6.20. The lowest BCUT2D eigenvalue weighted by molar-refractivity contribution is -0.140. The summed E-state index contributed by atoms with van der Waals surface area (Å²) in [4.78, 5) is 11.6. The molecule has 0 aromatic carbocycles. The molecular weight excluding hydrogens is 200 g/mol. The lowest BCUT2D eigenvalue weighted by atomic mass is 10.0. The van der Waals surface area contributed by atoms with E-state index in [-0.39, 0.29) is 5.97 Å². The molecule has 0 saturated carbocycles. The van der Waals surface area contributed by atoms with Gasteiger partial charge in [0.05, 0.1) is 6.61 Å². The monoisotopic (exact) mass is 224 g/mol. The molecule has 0 spiro atoms. The van der Waals surface area contributed by atoms with Gasteiger partial charge in [-0.25, -0.2) is 4.79 Å². The number of hydrogen-bond acceptors (Lipinski definition) is 2. The smallest absolute Gasteiger partial charge is 0.333 e. The van der Waals surface area contributed by atoms with Crippen LogP contribution in [0.3, 0.4) is 0 Å². The highest BCUT2D eigenvalue weighted by Gasteiger charge is 2.16. The maximum atomic E-state index is 11.6. The van der Waals surface area contributed by atoms with Crippen LogP contribution in [0.25, 0.3) is 0 Å². The van der Waals surface area contributed by atoms with Crippen LogP contribution in [0.5, 0.6) is 0 Å². The van der Waals surface area contributed by atoms with Crippen molar-refractivity contribution in [2.75, 3.05) is 6.61 Å². The first-order valence-corrected chi connectivity index (χ1v) is 6.64. The molecule has 0 heterocycles. The van der Waals surface area contributed by atoms with Crippen LogP contribution in [0.2, 0.25) is 0 Å². The topological polar surface area (TPSA) is 26.3 Å². The Labute approximate surface area is 99.1 Å². The Morgan fingerprint density at radius 2 is 2.31 bits per heavy atom. The Bertz CT molecular complexity index is 243. The van der Waals surface area contributed by atoms with Crippen molar-refractivity contribution in [3.8, 4) is 0 Å². The fourth-order valence-corrected chi connectivity index (χ4v) is 2.04. The van der Waals surface area contributed by atoms with E-state index >= 15 is 0 Å². The normalized spacial score (nSPS) is 17.0. The lowest BCUT2D eigenvalue weighted by Gasteiger charge is -2.14. The van der Waals surface area contributed by atoms with Gasteiger partial charge < -0.3 is 4.74 Å². The molecular formula is C14H24O2. The van der Waals surface area contributed by atoms with Crippen LogP contribution in [0.1, 0.15) is 58.8 Å². The summed E-state index contributed by atoms with van der Waals surface area (Å²) in [5.41, 5.74) is 0.894. The largest absolute Gasteiger partial charge is 0.462 e. The molecule has 0 amide bonds. The van der Waals surface area contributed by atoms with Crippen LogP contribution in [0, 0.1) is 5.92 Å². The second kappa shape index (κ2) is 7.48. The molecule has 0 aromatic rings. The molecule has 1 rings (SSSR count). The van der Waals surface area contributed by atoms with E-state index in [9.17, 15) is 4.79 Å². The lowest BCUT2D eigenvalue weighted by Crippen LogP contribution is -2.14. The molecule has 0 aromatic heterocycles. The predicted octanol–water partition coefficient (Wildman–Crippen LogP) is 3.86. The van der Waals surface area contributed by atoms with Gasteiger partial charge in [-0.1, -0.05) is 39.2 Å². The molecule has 16 heavy (non-hydrogen) atoms. The van der Waals surface area contributed by atoms with Gasteiger partial charge in [-0.2, -0.15) is 0 Å². The van der Waals surface area contributed by atoms with Crippen molar-refractivity contribution in [3.05, 3.63) is 11.6 Å². The van der Waals surface area contributed by atoms with E-state index in [4.69, 9.17) is 4.74 Å². The Balaban J connectivity index is 2.23. The molecule has 0 saturated heterocycles. The highest BCUT2D eigenvalue weighted by molar-refractivity contribution is 5.88. The summed E-state index contributed by atoms with van der Waals surface area (Å²) < 4.78 is 5.37. The van der Waals surface area contributed by atoms with Crippen molar-refractivity contribution < 1.29 is 9.53 Å². The molecule has 0 bridgehead atoms. The summed E-state index contributed by atoms with van der Waals surface area (Å²) in [5, 5.41) is 0. The highest BCUT2D eigenvalue weighted by Crippen LogP contribution is 2.20. The van der Waals surface area contributed by atoms with Crippen molar-refractivity contribution in [3.63, 3.8) is 0 Å². The minimum absolute atomic E-state index is 0.0764. The van der Waals surface area contributed by atoms with Crippen LogP contribution in [0.4, 0.5) is 0 Å². The van der Waals surface area contributed by atoms with E-state index in [2.05, 4.69) is 13.8 Å². The molecule has 1 aliphatic carbocycles. The zero-order chi connectivity index (χ0) is 11.8. The van der Waals surface area contributed by atoms with Crippen molar-refractivity contribution in [2.45, 2.75) is 58.8 Å². The van der Waals surface area contributed by atoms with Crippen LogP contribution in [0.15, 0.2) is 11.6 Å². The Morgan fingerprint density at radius 1 is 1.50 bits per heavy atom. The van der Waals surface area contributed by atoms with Gasteiger partial charge in [-0.3, -0.25) is 0 Å². The molecule has 2 nitrogen and oxygen atoms in total. The maximum absolute atomic E-state index is 11.6. The molecule has 0 aliphatic heterocycles. The van der Waals surface area contributed by atoms with Crippen LogP contribution in [-0.2, 0) is 9.53 Å². The minimum Gasteiger partial charge on any atom is -0.462 e. The molecule has 1 atom stereocenters. The van der Waals surface area contributed by atoms with Crippen molar-refractivity contribution >= 4 is 5.97 Å². The van der Waals surface area contributed by atoms with E-state index in [1.807, 2.05) is 6.08 Å². The third-order valence-corrected chi connectivity index (χ3v) is 3.30. The van der Waals surface area contributed by atoms with E-state index in [0.29, 0.717) is 12.5 Å². The Hall–Kier alpha value is -0.790. The van der Waals surface area contributed by atoms with Gasteiger partial charge in [0.25, 0.3) is 0 Å². The van der Waals surface area contributed by atoms with Crippen LogP contribution in [-0.4, -0.2) is 12.6 Å². The zero-order valence-corrected chi connectivity index (χ0v) is 10.6. The number of carbonyl (C=O) groups is 1. The molecule has 1 aliphatic rings. The number of unbranched alkanes of at least 4 members (excludes halogenated alkanes) is 1. The summed E-state index contributed by atoms with van der Waals surface area (Å²) in [6.45, 7) is 4.97. The highest BCUT2D eigenvalue weighted by atomic mass is 16.5. The first-order valence-electron chi connectivity index (χ1n) is 6.64. The van der Waals surface area contributed by atoms with E-state index < -0.39 is 0 Å². The molecule has 1 unspecified atom stereocenters. The van der Waals surface area contributed by atoms with Gasteiger partial charge in [0.15, 0.2) is 0 Å². The number of rotatable bonds is 7. The fraction of sp³-hybridized carbons (Fsp3) is 0.786. The number of carbonyl (C=O) groups excluding carboxylic acids is 1. The van der Waals surface area contributed by atoms with Gasteiger partial charge in [0.1, 0.15) is 0 Å². The predicted molar refractivity (Wildman–Crippen MR) is 66.2 cm³/mol. The summed E-state index contributed by atoms with van der Waals surface area (Å²) in [5.74, 6) is 0.471. The average molecular weight is 224 g/mol. The van der Waals surface area contributed by atoms with Gasteiger partial charge in [0, 0.05) is 5.57 Å². The van der Waals surface area contributed by atoms with E-state index in [1.165, 1.54) is 19.3 Å². The fourth-order valence-electron chi connectivity index (χ4n) is 2.04. The third-order valence-electron chi connectivity index (χ3n) is 3.30. The summed E-state index contributed by atoms with van der Waals surface area (Å²) in [6.07, 6.45) is 9.81. The maximum Gasteiger partial charge on any atom is 0.333 e. The second-order valence-electron chi connectivity index (χ2n) is 4.64. The van der Waals surface area contributed by atoms with E-state index in [0.717, 1.165) is 31.3 Å². The van der Waals surface area contributed by atoms with Crippen LogP contribution < -0.4 is 0 Å². The van der Waals surface area contributed by atoms with Gasteiger partial charge in [0.2, 0.25) is 0 Å². The van der Waals surface area contributed by atoms with Crippen molar-refractivity contribution in [2.24, 2.45) is 5.92 Å². The second-order valence-corrected chi connectivity index (χ2v) is 4.64. The molecule has 0 N–H and O–H groups in total. The summed E-state index contributed by atoms with van der Waals surface area (Å²) in [7, 11) is 0. The zero-order valence-electron chi connectivity index (χ0n) is 10.6. The number of allylic oxidation sites excluding steroid dienone is 1.